The Bertz CT molecular complexity index is 1390. The number of nitrogens with zero attached hydrogens (tertiary/aromatic N) is 1. The predicted molar refractivity (Wildman–Crippen MR) is 130 cm³/mol. The molecule has 0 unspecified atom stereocenters. The maximum Gasteiger partial charge on any atom is 0.328 e. The topological polar surface area (TPSA) is 144 Å². The first-order chi connectivity index (χ1) is 17.1. The number of ketones is 2. The van der Waals surface area contributed by atoms with E-state index in [0.29, 0.717) is 16.0 Å². The fraction of sp³-hybridized carbons (Fsp3) is 0.269. The Morgan fingerprint density at radius 2 is 1.94 bits per heavy atom. The molecule has 3 N–H and O–H groups in total. The number of nitrogens with two attached hydrogens (primary N) is 1. The average Bonchev–Trinajstić information content (AvgIpc) is 3.11. The number of rotatable bonds is 3. The van der Waals surface area contributed by atoms with Crippen LogP contribution < -0.4 is 10.5 Å². The van der Waals surface area contributed by atoms with Crippen molar-refractivity contribution in [3.8, 4) is 11.5 Å². The number of aromatic hydroxyl groups is 1. The number of amides is 4. The van der Waals surface area contributed by atoms with Crippen molar-refractivity contribution in [1.82, 2.24) is 4.90 Å². The lowest BCUT2D eigenvalue weighted by atomic mass is 9.61. The summed E-state index contributed by atoms with van der Waals surface area (Å²) in [6.07, 6.45) is 6.91. The molecular formula is C26H21BrN2O7. The van der Waals surface area contributed by atoms with Gasteiger partial charge in [-0.05, 0) is 52.4 Å². The summed E-state index contributed by atoms with van der Waals surface area (Å²) in [7, 11) is 1.43. The quantitative estimate of drug-likeness (QED) is 0.333. The highest BCUT2D eigenvalue weighted by Gasteiger charge is 2.57. The van der Waals surface area contributed by atoms with E-state index < -0.39 is 41.5 Å². The van der Waals surface area contributed by atoms with Gasteiger partial charge >= 0.3 is 6.03 Å². The Labute approximate surface area is 214 Å². The summed E-state index contributed by atoms with van der Waals surface area (Å²) in [5, 5.41) is 9.89. The number of methoxy groups -OCH3 is 1. The van der Waals surface area contributed by atoms with E-state index in [-0.39, 0.29) is 46.0 Å². The highest BCUT2D eigenvalue weighted by molar-refractivity contribution is 9.12. The van der Waals surface area contributed by atoms with Crippen LogP contribution in [0.25, 0.3) is 6.08 Å². The van der Waals surface area contributed by atoms with Crippen molar-refractivity contribution in [3.63, 3.8) is 0 Å². The second kappa shape index (κ2) is 8.70. The van der Waals surface area contributed by atoms with Gasteiger partial charge < -0.3 is 15.6 Å². The Morgan fingerprint density at radius 3 is 2.64 bits per heavy atom. The molecule has 9 nitrogen and oxygen atoms in total. The van der Waals surface area contributed by atoms with Gasteiger partial charge in [0.2, 0.25) is 11.8 Å². The van der Waals surface area contributed by atoms with Gasteiger partial charge in [0.15, 0.2) is 23.1 Å². The van der Waals surface area contributed by atoms with Crippen molar-refractivity contribution >= 4 is 51.4 Å². The first kappa shape index (κ1) is 23.9. The number of carbonyl (C=O) groups excluding carboxylic acids is 5. The number of phenols is 1. The van der Waals surface area contributed by atoms with E-state index >= 15 is 0 Å². The third kappa shape index (κ3) is 3.55. The molecule has 1 aromatic carbocycles. The molecule has 1 saturated heterocycles. The standard InChI is InChI=1S/C26H21BrN2O7/c1-36-20-8-11(3-7-18(20)30)2-4-13-12-5-6-14-22(25(34)29(24(14)33)26(28)35)15(12)9-16-21(13)19(31)10-17(27)23(16)32/h2-5,7-8,10,13-15,22,30H,6,9H2,1H3,(H2,28,35)/t13-,14-,15+,22-/m0/s1. The summed E-state index contributed by atoms with van der Waals surface area (Å²) in [5.41, 5.74) is 7.35. The number of ether oxygens (including phenoxy) is 1. The molecule has 1 aliphatic heterocycles. The van der Waals surface area contributed by atoms with Crippen molar-refractivity contribution in [2.75, 3.05) is 7.11 Å². The zero-order valence-electron chi connectivity index (χ0n) is 19.1. The molecule has 0 saturated carbocycles. The van der Waals surface area contributed by atoms with E-state index in [4.69, 9.17) is 10.5 Å². The molecule has 36 heavy (non-hydrogen) atoms. The number of benzene rings is 1. The number of primary amides is 1. The van der Waals surface area contributed by atoms with Crippen molar-refractivity contribution in [3.05, 3.63) is 63.2 Å². The molecule has 1 aromatic rings. The molecular weight excluding hydrogens is 532 g/mol. The highest BCUT2D eigenvalue weighted by atomic mass is 79.9. The van der Waals surface area contributed by atoms with E-state index in [2.05, 4.69) is 15.9 Å². The second-order valence-corrected chi connectivity index (χ2v) is 9.93. The highest BCUT2D eigenvalue weighted by Crippen LogP contribution is 2.52. The molecule has 0 bridgehead atoms. The Hall–Kier alpha value is -3.79. The summed E-state index contributed by atoms with van der Waals surface area (Å²) in [4.78, 5) is 64.4. The molecule has 4 aliphatic rings. The lowest BCUT2D eigenvalue weighted by molar-refractivity contribution is -0.136. The van der Waals surface area contributed by atoms with Gasteiger partial charge in [0.05, 0.1) is 23.4 Å². The first-order valence-electron chi connectivity index (χ1n) is 11.3. The summed E-state index contributed by atoms with van der Waals surface area (Å²) in [6, 6.07) is 3.65. The third-order valence-electron chi connectivity index (χ3n) is 7.28. The van der Waals surface area contributed by atoms with Crippen molar-refractivity contribution in [1.29, 1.82) is 0 Å². The maximum absolute atomic E-state index is 13.1. The predicted octanol–water partition coefficient (Wildman–Crippen LogP) is 2.79. The van der Waals surface area contributed by atoms with E-state index in [1.807, 2.05) is 6.08 Å². The monoisotopic (exact) mass is 552 g/mol. The molecule has 4 amide bonds. The van der Waals surface area contributed by atoms with Crippen LogP contribution in [0, 0.1) is 23.7 Å². The molecule has 3 aliphatic carbocycles. The van der Waals surface area contributed by atoms with Gasteiger partial charge in [0, 0.05) is 23.1 Å². The van der Waals surface area contributed by atoms with Crippen LogP contribution in [0.2, 0.25) is 0 Å². The molecule has 1 heterocycles. The van der Waals surface area contributed by atoms with E-state index in [0.717, 1.165) is 5.57 Å². The van der Waals surface area contributed by atoms with Gasteiger partial charge in [0.25, 0.3) is 0 Å². The summed E-state index contributed by atoms with van der Waals surface area (Å²) in [5.74, 6) is -4.50. The SMILES string of the molecule is COc1cc(C=C[C@H]2C3=CC[C@@H]4C(=O)N(C(N)=O)C(=O)[C@@H]4[C@@H]3CC3=C2C(=O)C=C(Br)C3=O)ccc1O. The molecule has 184 valence electrons. The largest absolute Gasteiger partial charge is 0.504 e. The Morgan fingerprint density at radius 1 is 1.19 bits per heavy atom. The van der Waals surface area contributed by atoms with Crippen molar-refractivity contribution in [2.24, 2.45) is 29.4 Å². The summed E-state index contributed by atoms with van der Waals surface area (Å²) < 4.78 is 5.29. The molecule has 0 radical (unpaired) electrons. The minimum Gasteiger partial charge on any atom is -0.504 e. The van der Waals surface area contributed by atoms with Crippen molar-refractivity contribution in [2.45, 2.75) is 12.8 Å². The molecule has 4 atom stereocenters. The van der Waals surface area contributed by atoms with Crippen LogP contribution in [0.4, 0.5) is 4.79 Å². The molecule has 10 heteroatoms. The fourth-order valence-electron chi connectivity index (χ4n) is 5.71. The van der Waals surface area contributed by atoms with Crippen LogP contribution in [0.5, 0.6) is 11.5 Å². The van der Waals surface area contributed by atoms with Gasteiger partial charge in [-0.1, -0.05) is 29.9 Å². The number of imide groups is 3. The second-order valence-electron chi connectivity index (χ2n) is 9.08. The smallest absolute Gasteiger partial charge is 0.328 e. The lowest BCUT2D eigenvalue weighted by Gasteiger charge is -2.41. The minimum absolute atomic E-state index is 0.0233. The van der Waals surface area contributed by atoms with Gasteiger partial charge in [-0.3, -0.25) is 19.2 Å². The maximum atomic E-state index is 13.1. The number of likely N-dealkylation sites (tertiary alicyclic amines) is 1. The van der Waals surface area contributed by atoms with Gasteiger partial charge in [-0.15, -0.1) is 0 Å². The zero-order chi connectivity index (χ0) is 25.9. The normalized spacial score (nSPS) is 27.6. The number of urea groups is 1. The molecule has 0 aromatic heterocycles. The number of halogens is 1. The number of phenolic OH excluding ortho intramolecular Hbond substituents is 1. The number of fused-ring (bicyclic) bond motifs is 3. The van der Waals surface area contributed by atoms with Crippen LogP contribution in [0.1, 0.15) is 18.4 Å². The minimum atomic E-state index is -1.12. The van der Waals surface area contributed by atoms with Crippen LogP contribution in [0.3, 0.4) is 0 Å². The zero-order valence-corrected chi connectivity index (χ0v) is 20.7. The Kier molecular flexibility index (Phi) is 5.78. The van der Waals surface area contributed by atoms with E-state index in [1.165, 1.54) is 19.3 Å². The van der Waals surface area contributed by atoms with Crippen LogP contribution in [-0.4, -0.2) is 46.5 Å². The number of hydrogen-bond acceptors (Lipinski definition) is 7. The molecule has 0 spiro atoms. The summed E-state index contributed by atoms with van der Waals surface area (Å²) in [6.45, 7) is 0. The fourth-order valence-corrected chi connectivity index (χ4v) is 6.15. The van der Waals surface area contributed by atoms with Crippen LogP contribution in [-0.2, 0) is 19.2 Å². The van der Waals surface area contributed by atoms with Crippen molar-refractivity contribution < 1.29 is 33.8 Å². The lowest BCUT2D eigenvalue weighted by Crippen LogP contribution is -2.42. The van der Waals surface area contributed by atoms with Gasteiger partial charge in [-0.25, -0.2) is 4.79 Å². The first-order valence-corrected chi connectivity index (χ1v) is 12.0. The van der Waals surface area contributed by atoms with Crippen LogP contribution in [0.15, 0.2) is 57.6 Å². The van der Waals surface area contributed by atoms with E-state index in [1.54, 1.807) is 24.3 Å². The Balaban J connectivity index is 1.61. The van der Waals surface area contributed by atoms with Gasteiger partial charge in [-0.2, -0.15) is 4.90 Å². The third-order valence-corrected chi connectivity index (χ3v) is 7.87. The summed E-state index contributed by atoms with van der Waals surface area (Å²) >= 11 is 3.16. The molecule has 1 fully saturated rings. The number of hydrogen-bond donors (Lipinski definition) is 2. The van der Waals surface area contributed by atoms with Gasteiger partial charge in [0.1, 0.15) is 0 Å². The number of Topliss-reactive ketones (excluding diaryl/α,β-unsaturated/α-hetero) is 1. The van der Waals surface area contributed by atoms with Crippen LogP contribution >= 0.6 is 15.9 Å². The number of carbonyl (C=O) groups is 5. The molecule has 5 rings (SSSR count). The average molecular weight is 553 g/mol. The number of allylic oxidation sites excluding steroid dienone is 7. The van der Waals surface area contributed by atoms with E-state index in [9.17, 15) is 29.1 Å².